The van der Waals surface area contributed by atoms with Crippen LogP contribution in [0.4, 0.5) is 11.4 Å². The summed E-state index contributed by atoms with van der Waals surface area (Å²) < 4.78 is 0. The zero-order valence-electron chi connectivity index (χ0n) is 12.6. The van der Waals surface area contributed by atoms with Gasteiger partial charge in [0.15, 0.2) is 0 Å². The second kappa shape index (κ2) is 6.05. The van der Waals surface area contributed by atoms with Crippen molar-refractivity contribution >= 4 is 17.3 Å². The van der Waals surface area contributed by atoms with Crippen LogP contribution in [0.25, 0.3) is 0 Å². The van der Waals surface area contributed by atoms with Gasteiger partial charge in [-0.2, -0.15) is 0 Å². The summed E-state index contributed by atoms with van der Waals surface area (Å²) in [5.41, 5.74) is 7.92. The lowest BCUT2D eigenvalue weighted by molar-refractivity contribution is 0.0668. The van der Waals surface area contributed by atoms with Gasteiger partial charge in [0.05, 0.1) is 0 Å². The molecule has 5 nitrogen and oxygen atoms in total. The Bertz CT molecular complexity index is 659. The fourth-order valence-electron chi connectivity index (χ4n) is 2.84. The molecule has 1 fully saturated rings. The number of hydrogen-bond donors (Lipinski definition) is 1. The lowest BCUT2D eigenvalue weighted by atomic mass is 10.1. The predicted molar refractivity (Wildman–Crippen MR) is 87.8 cm³/mol. The molecular formula is C17H20N4O. The molecule has 1 atom stereocenters. The summed E-state index contributed by atoms with van der Waals surface area (Å²) in [7, 11) is 0. The molecule has 1 aromatic heterocycles. The van der Waals surface area contributed by atoms with Crippen LogP contribution in [-0.4, -0.2) is 41.5 Å². The Balaban J connectivity index is 1.72. The molecule has 1 aromatic carbocycles. The molecule has 1 aliphatic heterocycles. The third-order valence-corrected chi connectivity index (χ3v) is 4.01. The molecule has 1 amide bonds. The number of hydrogen-bond acceptors (Lipinski definition) is 4. The highest BCUT2D eigenvalue weighted by Gasteiger charge is 2.28. The van der Waals surface area contributed by atoms with Crippen molar-refractivity contribution < 1.29 is 4.79 Å². The largest absolute Gasteiger partial charge is 0.399 e. The number of carbonyl (C=O) groups is 1. The van der Waals surface area contributed by atoms with Crippen LogP contribution in [-0.2, 0) is 0 Å². The van der Waals surface area contributed by atoms with E-state index < -0.39 is 0 Å². The van der Waals surface area contributed by atoms with Crippen molar-refractivity contribution in [3.05, 3.63) is 54.4 Å². The number of benzene rings is 1. The average molecular weight is 296 g/mol. The maximum absolute atomic E-state index is 12.6. The number of nitrogens with two attached hydrogens (primary N) is 1. The molecule has 3 rings (SSSR count). The van der Waals surface area contributed by atoms with Gasteiger partial charge in [0.25, 0.3) is 5.91 Å². The fourth-order valence-corrected chi connectivity index (χ4v) is 2.84. The lowest BCUT2D eigenvalue weighted by Crippen LogP contribution is -2.54. The van der Waals surface area contributed by atoms with Gasteiger partial charge in [-0.05, 0) is 31.2 Å². The quantitative estimate of drug-likeness (QED) is 0.921. The van der Waals surface area contributed by atoms with Gasteiger partial charge >= 0.3 is 0 Å². The minimum atomic E-state index is -0.0486. The summed E-state index contributed by atoms with van der Waals surface area (Å²) in [5.74, 6) is -0.0486. The summed E-state index contributed by atoms with van der Waals surface area (Å²) in [5, 5.41) is 0. The molecule has 1 unspecified atom stereocenters. The highest BCUT2D eigenvalue weighted by molar-refractivity contribution is 5.93. The third-order valence-electron chi connectivity index (χ3n) is 4.01. The topological polar surface area (TPSA) is 62.5 Å². The van der Waals surface area contributed by atoms with Crippen LogP contribution in [0.3, 0.4) is 0 Å². The van der Waals surface area contributed by atoms with Crippen molar-refractivity contribution in [1.29, 1.82) is 0 Å². The van der Waals surface area contributed by atoms with Gasteiger partial charge in [-0.25, -0.2) is 0 Å². The SMILES string of the molecule is CC1CN(c2ccccc2)CCN1C(=O)c1cc(N)ccn1. The van der Waals surface area contributed by atoms with Gasteiger partial charge in [0.2, 0.25) is 0 Å². The van der Waals surface area contributed by atoms with E-state index in [0.29, 0.717) is 17.9 Å². The number of carbonyl (C=O) groups excluding carboxylic acids is 1. The summed E-state index contributed by atoms with van der Waals surface area (Å²) in [4.78, 5) is 20.9. The molecule has 0 radical (unpaired) electrons. The number of rotatable bonds is 2. The lowest BCUT2D eigenvalue weighted by Gasteiger charge is -2.40. The van der Waals surface area contributed by atoms with Crippen molar-refractivity contribution in [3.8, 4) is 0 Å². The van der Waals surface area contributed by atoms with Crippen molar-refractivity contribution in [2.75, 3.05) is 30.3 Å². The second-order valence-electron chi connectivity index (χ2n) is 5.60. The number of amides is 1. The van der Waals surface area contributed by atoms with Gasteiger partial charge in [-0.1, -0.05) is 18.2 Å². The van der Waals surface area contributed by atoms with Crippen LogP contribution in [0.5, 0.6) is 0 Å². The molecule has 2 N–H and O–H groups in total. The average Bonchev–Trinajstić information content (AvgIpc) is 2.55. The highest BCUT2D eigenvalue weighted by atomic mass is 16.2. The Morgan fingerprint density at radius 3 is 2.68 bits per heavy atom. The molecule has 0 aliphatic carbocycles. The van der Waals surface area contributed by atoms with Crippen LogP contribution < -0.4 is 10.6 Å². The molecule has 1 saturated heterocycles. The van der Waals surface area contributed by atoms with Crippen molar-refractivity contribution in [2.24, 2.45) is 0 Å². The first-order valence-corrected chi connectivity index (χ1v) is 7.47. The molecule has 1 aliphatic rings. The first-order valence-electron chi connectivity index (χ1n) is 7.47. The molecule has 22 heavy (non-hydrogen) atoms. The number of para-hydroxylation sites is 1. The molecule has 0 spiro atoms. The molecule has 114 valence electrons. The summed E-state index contributed by atoms with van der Waals surface area (Å²) in [6.45, 7) is 4.39. The molecule has 2 heterocycles. The van der Waals surface area contributed by atoms with Gasteiger partial charge in [0.1, 0.15) is 5.69 Å². The highest BCUT2D eigenvalue weighted by Crippen LogP contribution is 2.20. The fraction of sp³-hybridized carbons (Fsp3) is 0.294. The monoisotopic (exact) mass is 296 g/mol. The number of piperazine rings is 1. The Kier molecular flexibility index (Phi) is 3.96. The van der Waals surface area contributed by atoms with E-state index in [1.807, 2.05) is 23.1 Å². The van der Waals surface area contributed by atoms with Crippen molar-refractivity contribution in [3.63, 3.8) is 0 Å². The van der Waals surface area contributed by atoms with E-state index >= 15 is 0 Å². The number of nitrogens with zero attached hydrogens (tertiary/aromatic N) is 3. The Hall–Kier alpha value is -2.56. The Labute approximate surface area is 130 Å². The maximum Gasteiger partial charge on any atom is 0.272 e. The summed E-state index contributed by atoms with van der Waals surface area (Å²) in [6, 6.07) is 13.7. The first-order chi connectivity index (χ1) is 10.6. The molecule has 0 saturated carbocycles. The standard InChI is InChI=1S/C17H20N4O/c1-13-12-20(15-5-3-2-4-6-15)9-10-21(13)17(22)16-11-14(18)7-8-19-16/h2-8,11,13H,9-10,12H2,1H3,(H2,18,19). The van der Waals surface area contributed by atoms with Crippen molar-refractivity contribution in [1.82, 2.24) is 9.88 Å². The predicted octanol–water partition coefficient (Wildman–Crippen LogP) is 2.01. The minimum absolute atomic E-state index is 0.0486. The van der Waals surface area contributed by atoms with Gasteiger partial charge in [-0.15, -0.1) is 0 Å². The van der Waals surface area contributed by atoms with Crippen LogP contribution in [0.15, 0.2) is 48.7 Å². The number of pyridine rings is 1. The number of anilines is 2. The normalized spacial score (nSPS) is 18.3. The minimum Gasteiger partial charge on any atom is -0.399 e. The third kappa shape index (κ3) is 2.88. The molecule has 5 heteroatoms. The van der Waals surface area contributed by atoms with Gasteiger partial charge in [-0.3, -0.25) is 9.78 Å². The summed E-state index contributed by atoms with van der Waals surface area (Å²) in [6.07, 6.45) is 1.58. The van der Waals surface area contributed by atoms with Gasteiger partial charge < -0.3 is 15.5 Å². The number of nitrogen functional groups attached to an aromatic ring is 1. The zero-order chi connectivity index (χ0) is 15.5. The van der Waals surface area contributed by atoms with E-state index in [1.54, 1.807) is 18.3 Å². The van der Waals surface area contributed by atoms with Crippen LogP contribution in [0.2, 0.25) is 0 Å². The van der Waals surface area contributed by atoms with E-state index in [4.69, 9.17) is 5.73 Å². The molecular weight excluding hydrogens is 276 g/mol. The first kappa shape index (κ1) is 14.4. The van der Waals surface area contributed by atoms with Crippen LogP contribution in [0.1, 0.15) is 17.4 Å². The summed E-state index contributed by atoms with van der Waals surface area (Å²) >= 11 is 0. The smallest absolute Gasteiger partial charge is 0.272 e. The Morgan fingerprint density at radius 2 is 2.00 bits per heavy atom. The van der Waals surface area contributed by atoms with E-state index in [2.05, 4.69) is 28.9 Å². The van der Waals surface area contributed by atoms with Crippen LogP contribution >= 0.6 is 0 Å². The van der Waals surface area contributed by atoms with E-state index in [9.17, 15) is 4.79 Å². The van der Waals surface area contributed by atoms with Crippen LogP contribution in [0, 0.1) is 0 Å². The molecule has 2 aromatic rings. The maximum atomic E-state index is 12.6. The van der Waals surface area contributed by atoms with Gasteiger partial charge in [0, 0.05) is 43.2 Å². The van der Waals surface area contributed by atoms with E-state index in [0.717, 1.165) is 13.1 Å². The van der Waals surface area contributed by atoms with Crippen molar-refractivity contribution in [2.45, 2.75) is 13.0 Å². The van der Waals surface area contributed by atoms with E-state index in [-0.39, 0.29) is 11.9 Å². The second-order valence-corrected chi connectivity index (χ2v) is 5.60. The molecule has 0 bridgehead atoms. The number of aromatic nitrogens is 1. The van der Waals surface area contributed by atoms with E-state index in [1.165, 1.54) is 5.69 Å². The Morgan fingerprint density at radius 1 is 1.23 bits per heavy atom. The zero-order valence-corrected chi connectivity index (χ0v) is 12.6.